The topological polar surface area (TPSA) is 113 Å². The summed E-state index contributed by atoms with van der Waals surface area (Å²) in [7, 11) is -2.12. The summed E-state index contributed by atoms with van der Waals surface area (Å²) in [6.45, 7) is 3.53. The molecule has 0 bridgehead atoms. The van der Waals surface area contributed by atoms with Crippen LogP contribution in [0.1, 0.15) is 11.6 Å². The van der Waals surface area contributed by atoms with Gasteiger partial charge in [-0.25, -0.2) is 18.5 Å². The first kappa shape index (κ1) is 27.2. The Morgan fingerprint density at radius 2 is 1.57 bits per heavy atom. The number of rotatable bonds is 6. The number of nitrogens with two attached hydrogens (primary N) is 1. The fourth-order valence-electron chi connectivity index (χ4n) is 4.47. The molecule has 206 valence electrons. The van der Waals surface area contributed by atoms with E-state index < -0.39 is 16.4 Å². The minimum atomic E-state index is -4.81. The molecule has 0 aliphatic heterocycles. The third-order valence-electron chi connectivity index (χ3n) is 6.13. The molecule has 0 saturated carbocycles. The first-order chi connectivity index (χ1) is 18.8. The second-order valence-electron chi connectivity index (χ2n) is 9.11. The van der Waals surface area contributed by atoms with Crippen LogP contribution >= 0.6 is 0 Å². The molecular weight excluding hydrogens is 545 g/mol. The Hall–Kier alpha value is -4.42. The molecular formula is C28H23F3N4O4S. The maximum absolute atomic E-state index is 12.7. The van der Waals surface area contributed by atoms with Gasteiger partial charge >= 0.3 is 6.36 Å². The monoisotopic (exact) mass is 568 g/mol. The fraction of sp³-hybridized carbons (Fsp3) is 0.143. The number of halogens is 3. The van der Waals surface area contributed by atoms with Gasteiger partial charge in [0.2, 0.25) is 10.0 Å². The average Bonchev–Trinajstić information content (AvgIpc) is 3.43. The summed E-state index contributed by atoms with van der Waals surface area (Å²) >= 11 is 0. The van der Waals surface area contributed by atoms with Crippen molar-refractivity contribution in [2.75, 3.05) is 0 Å². The van der Waals surface area contributed by atoms with Crippen molar-refractivity contribution in [3.8, 4) is 50.7 Å². The van der Waals surface area contributed by atoms with E-state index in [4.69, 9.17) is 9.56 Å². The maximum Gasteiger partial charge on any atom is 0.573 e. The van der Waals surface area contributed by atoms with E-state index in [1.165, 1.54) is 36.4 Å². The summed E-state index contributed by atoms with van der Waals surface area (Å²) in [5, 5.41) is 9.79. The number of primary sulfonamides is 1. The molecule has 3 aromatic carbocycles. The molecule has 0 atom stereocenters. The molecule has 12 heteroatoms. The quantitative estimate of drug-likeness (QED) is 0.260. The van der Waals surface area contributed by atoms with Crippen LogP contribution in [-0.4, -0.2) is 29.5 Å². The molecule has 5 aromatic rings. The zero-order valence-electron chi connectivity index (χ0n) is 21.5. The number of sulfonamides is 1. The number of oxazole rings is 1. The lowest BCUT2D eigenvalue weighted by Crippen LogP contribution is -2.16. The minimum absolute atomic E-state index is 0.0322. The Balaban J connectivity index is 1.70. The van der Waals surface area contributed by atoms with Crippen LogP contribution in [0.5, 0.6) is 5.75 Å². The summed E-state index contributed by atoms with van der Waals surface area (Å²) in [5.41, 5.74) is 5.15. The van der Waals surface area contributed by atoms with Gasteiger partial charge in [0.15, 0.2) is 11.7 Å². The molecule has 0 saturated heterocycles. The van der Waals surface area contributed by atoms with Gasteiger partial charge in [-0.15, -0.1) is 13.2 Å². The third-order valence-corrected chi connectivity index (χ3v) is 7.04. The number of nitrogens with zero attached hydrogens (tertiary/aromatic N) is 3. The molecule has 40 heavy (non-hydrogen) atoms. The molecule has 0 fully saturated rings. The van der Waals surface area contributed by atoms with E-state index in [0.29, 0.717) is 39.6 Å². The van der Waals surface area contributed by atoms with E-state index in [1.807, 2.05) is 38.2 Å². The van der Waals surface area contributed by atoms with Gasteiger partial charge in [0.05, 0.1) is 16.3 Å². The van der Waals surface area contributed by atoms with Gasteiger partial charge in [-0.3, -0.25) is 4.68 Å². The van der Waals surface area contributed by atoms with Crippen molar-refractivity contribution in [3.05, 3.63) is 84.4 Å². The lowest BCUT2D eigenvalue weighted by molar-refractivity contribution is -0.274. The van der Waals surface area contributed by atoms with Gasteiger partial charge in [-0.05, 0) is 66.6 Å². The molecule has 2 aromatic heterocycles. The van der Waals surface area contributed by atoms with Crippen LogP contribution in [0.15, 0.2) is 82.1 Å². The van der Waals surface area contributed by atoms with Gasteiger partial charge in [0.1, 0.15) is 11.4 Å². The molecule has 5 rings (SSSR count). The normalized spacial score (nSPS) is 12.1. The summed E-state index contributed by atoms with van der Waals surface area (Å²) in [4.78, 5) is 4.49. The summed E-state index contributed by atoms with van der Waals surface area (Å²) in [6, 6.07) is 19.1. The van der Waals surface area contributed by atoms with Crippen molar-refractivity contribution in [2.24, 2.45) is 12.2 Å². The van der Waals surface area contributed by atoms with E-state index in [9.17, 15) is 21.6 Å². The molecule has 8 nitrogen and oxygen atoms in total. The molecule has 2 heterocycles. The van der Waals surface area contributed by atoms with Crippen molar-refractivity contribution in [3.63, 3.8) is 0 Å². The van der Waals surface area contributed by atoms with Crippen LogP contribution in [0, 0.1) is 13.8 Å². The van der Waals surface area contributed by atoms with Crippen LogP contribution in [0.2, 0.25) is 0 Å². The zero-order chi connectivity index (χ0) is 28.8. The van der Waals surface area contributed by atoms with Crippen molar-refractivity contribution < 1.29 is 30.7 Å². The maximum atomic E-state index is 12.7. The first-order valence-electron chi connectivity index (χ1n) is 11.9. The average molecular weight is 569 g/mol. The highest BCUT2D eigenvalue weighted by molar-refractivity contribution is 7.89. The fourth-order valence-corrected chi connectivity index (χ4v) is 5.03. The number of benzene rings is 3. The van der Waals surface area contributed by atoms with Crippen molar-refractivity contribution in [2.45, 2.75) is 25.1 Å². The van der Waals surface area contributed by atoms with Gasteiger partial charge in [0, 0.05) is 30.7 Å². The van der Waals surface area contributed by atoms with Gasteiger partial charge < -0.3 is 9.15 Å². The molecule has 0 spiro atoms. The molecule has 0 unspecified atom stereocenters. The van der Waals surface area contributed by atoms with Crippen molar-refractivity contribution in [1.29, 1.82) is 0 Å². The molecule has 0 amide bonds. The smallest absolute Gasteiger partial charge is 0.440 e. The van der Waals surface area contributed by atoms with E-state index >= 15 is 0 Å². The van der Waals surface area contributed by atoms with Crippen LogP contribution in [0.4, 0.5) is 13.2 Å². The predicted octanol–water partition coefficient (Wildman–Crippen LogP) is 6.24. The van der Waals surface area contributed by atoms with Crippen LogP contribution < -0.4 is 9.88 Å². The predicted molar refractivity (Wildman–Crippen MR) is 143 cm³/mol. The number of aromatic nitrogens is 3. The Kier molecular flexibility index (Phi) is 6.76. The second kappa shape index (κ2) is 9.96. The van der Waals surface area contributed by atoms with Crippen molar-refractivity contribution in [1.82, 2.24) is 14.8 Å². The van der Waals surface area contributed by atoms with E-state index in [1.54, 1.807) is 23.7 Å². The second-order valence-corrected chi connectivity index (χ2v) is 10.7. The van der Waals surface area contributed by atoms with Crippen LogP contribution in [0.3, 0.4) is 0 Å². The standard InChI is InChI=1S/C28H23F3N4O4S/c1-16-13-25(35(3)34-16)23-12-9-20(19-5-4-6-22(14-19)40(32,36)37)15-24(23)27-26(33-17(2)38-27)18-7-10-21(11-8-18)39-28(29,30)31/h4-15H,1-3H3,(H2,32,36,37). The Morgan fingerprint density at radius 1 is 0.900 bits per heavy atom. The highest BCUT2D eigenvalue weighted by Crippen LogP contribution is 2.41. The number of aryl methyl sites for hydroxylation is 3. The number of alkyl halides is 3. The highest BCUT2D eigenvalue weighted by Gasteiger charge is 2.31. The Bertz CT molecular complexity index is 1830. The molecule has 0 radical (unpaired) electrons. The molecule has 0 aliphatic rings. The molecule has 2 N–H and O–H groups in total. The minimum Gasteiger partial charge on any atom is -0.440 e. The first-order valence-corrected chi connectivity index (χ1v) is 13.5. The van der Waals surface area contributed by atoms with Gasteiger partial charge in [0.25, 0.3) is 0 Å². The van der Waals surface area contributed by atoms with E-state index in [-0.39, 0.29) is 10.6 Å². The Morgan fingerprint density at radius 3 is 2.20 bits per heavy atom. The Labute approximate surface area is 227 Å². The van der Waals surface area contributed by atoms with Crippen LogP contribution in [-0.2, 0) is 17.1 Å². The summed E-state index contributed by atoms with van der Waals surface area (Å²) < 4.78 is 73.7. The summed E-state index contributed by atoms with van der Waals surface area (Å²) in [6.07, 6.45) is -4.81. The third kappa shape index (κ3) is 5.63. The number of hydrogen-bond donors (Lipinski definition) is 1. The number of ether oxygens (including phenoxy) is 1. The summed E-state index contributed by atoms with van der Waals surface area (Å²) in [5.74, 6) is 0.357. The lowest BCUT2D eigenvalue weighted by Gasteiger charge is -2.13. The SMILES string of the molecule is Cc1cc(-c2ccc(-c3cccc(S(N)(=O)=O)c3)cc2-c2oc(C)nc2-c2ccc(OC(F)(F)F)cc2)n(C)n1. The zero-order valence-corrected chi connectivity index (χ0v) is 22.3. The van der Waals surface area contributed by atoms with Gasteiger partial charge in [-0.2, -0.15) is 5.10 Å². The van der Waals surface area contributed by atoms with Gasteiger partial charge in [-0.1, -0.05) is 24.3 Å². The van der Waals surface area contributed by atoms with Crippen molar-refractivity contribution >= 4 is 10.0 Å². The largest absolute Gasteiger partial charge is 0.573 e. The highest BCUT2D eigenvalue weighted by atomic mass is 32.2. The number of hydrogen-bond acceptors (Lipinski definition) is 6. The molecule has 0 aliphatic carbocycles. The van der Waals surface area contributed by atoms with Crippen LogP contribution in [0.25, 0.3) is 45.0 Å². The lowest BCUT2D eigenvalue weighted by atomic mass is 9.94. The van der Waals surface area contributed by atoms with E-state index in [2.05, 4.69) is 14.8 Å². The van der Waals surface area contributed by atoms with E-state index in [0.717, 1.165) is 17.0 Å².